The lowest BCUT2D eigenvalue weighted by molar-refractivity contribution is 0.474. The van der Waals surface area contributed by atoms with Gasteiger partial charge in [0.25, 0.3) is 0 Å². The molecule has 1 N–H and O–H groups in total. The summed E-state index contributed by atoms with van der Waals surface area (Å²) in [6.45, 7) is 2.04. The number of benzene rings is 1. The SMILES string of the molecule is Cc1ccc(O)c(/C=C/C2CC2)c1. The second-order valence-corrected chi connectivity index (χ2v) is 3.76. The average Bonchev–Trinajstić information content (AvgIpc) is 2.90. The number of allylic oxidation sites excluding steroid dienone is 1. The van der Waals surface area contributed by atoms with E-state index in [9.17, 15) is 5.11 Å². The van der Waals surface area contributed by atoms with Crippen molar-refractivity contribution in [3.05, 3.63) is 35.4 Å². The molecular weight excluding hydrogens is 160 g/mol. The minimum absolute atomic E-state index is 0.377. The summed E-state index contributed by atoms with van der Waals surface area (Å²) >= 11 is 0. The van der Waals surface area contributed by atoms with E-state index in [1.165, 1.54) is 18.4 Å². The lowest BCUT2D eigenvalue weighted by atomic mass is 10.1. The van der Waals surface area contributed by atoms with Crippen molar-refractivity contribution in [2.24, 2.45) is 5.92 Å². The van der Waals surface area contributed by atoms with Gasteiger partial charge in [-0.2, -0.15) is 0 Å². The molecule has 0 saturated heterocycles. The van der Waals surface area contributed by atoms with Crippen LogP contribution >= 0.6 is 0 Å². The second-order valence-electron chi connectivity index (χ2n) is 3.76. The number of rotatable bonds is 2. The Hall–Kier alpha value is -1.24. The Balaban J connectivity index is 2.21. The van der Waals surface area contributed by atoms with E-state index in [2.05, 4.69) is 6.08 Å². The van der Waals surface area contributed by atoms with Crippen LogP contribution in [-0.2, 0) is 0 Å². The monoisotopic (exact) mass is 174 g/mol. The van der Waals surface area contributed by atoms with Crippen LogP contribution < -0.4 is 0 Å². The first-order valence-electron chi connectivity index (χ1n) is 4.73. The van der Waals surface area contributed by atoms with Crippen molar-refractivity contribution in [2.75, 3.05) is 0 Å². The van der Waals surface area contributed by atoms with Crippen LogP contribution in [0.3, 0.4) is 0 Å². The van der Waals surface area contributed by atoms with Gasteiger partial charge in [0.2, 0.25) is 0 Å². The third-order valence-corrected chi connectivity index (χ3v) is 2.35. The Morgan fingerprint density at radius 2 is 2.15 bits per heavy atom. The minimum Gasteiger partial charge on any atom is -0.507 e. The zero-order chi connectivity index (χ0) is 9.26. The Labute approximate surface area is 78.7 Å². The first-order valence-corrected chi connectivity index (χ1v) is 4.73. The number of hydrogen-bond donors (Lipinski definition) is 1. The summed E-state index contributed by atoms with van der Waals surface area (Å²) in [6, 6.07) is 5.68. The molecule has 0 radical (unpaired) electrons. The molecule has 1 aromatic carbocycles. The first-order chi connectivity index (χ1) is 6.25. The van der Waals surface area contributed by atoms with Crippen LogP contribution in [0.4, 0.5) is 0 Å². The Morgan fingerprint density at radius 1 is 1.38 bits per heavy atom. The average molecular weight is 174 g/mol. The van der Waals surface area contributed by atoms with E-state index >= 15 is 0 Å². The summed E-state index contributed by atoms with van der Waals surface area (Å²) in [5.74, 6) is 1.14. The topological polar surface area (TPSA) is 20.2 Å². The number of aryl methyl sites for hydroxylation is 1. The molecule has 2 rings (SSSR count). The van der Waals surface area contributed by atoms with E-state index in [-0.39, 0.29) is 0 Å². The van der Waals surface area contributed by atoms with Crippen LogP contribution in [0.2, 0.25) is 0 Å². The van der Waals surface area contributed by atoms with Crippen molar-refractivity contribution >= 4 is 6.08 Å². The fraction of sp³-hybridized carbons (Fsp3) is 0.333. The van der Waals surface area contributed by atoms with Crippen molar-refractivity contribution in [3.63, 3.8) is 0 Å². The molecule has 0 spiro atoms. The maximum Gasteiger partial charge on any atom is 0.122 e. The maximum atomic E-state index is 9.52. The van der Waals surface area contributed by atoms with Gasteiger partial charge < -0.3 is 5.11 Å². The summed E-state index contributed by atoms with van der Waals surface area (Å²) in [5, 5.41) is 9.52. The van der Waals surface area contributed by atoms with Crippen molar-refractivity contribution < 1.29 is 5.11 Å². The zero-order valence-electron chi connectivity index (χ0n) is 7.83. The number of aromatic hydroxyl groups is 1. The molecule has 0 aromatic heterocycles. The van der Waals surface area contributed by atoms with Crippen molar-refractivity contribution in [3.8, 4) is 5.75 Å². The standard InChI is InChI=1S/C12H14O/c1-9-2-7-12(13)11(8-9)6-5-10-3-4-10/h2,5-8,10,13H,3-4H2,1H3/b6-5+. The highest BCUT2D eigenvalue weighted by molar-refractivity contribution is 5.58. The largest absolute Gasteiger partial charge is 0.507 e. The molecule has 1 aromatic rings. The van der Waals surface area contributed by atoms with E-state index in [1.807, 2.05) is 25.1 Å². The second kappa shape index (κ2) is 3.25. The quantitative estimate of drug-likeness (QED) is 0.730. The van der Waals surface area contributed by atoms with Crippen molar-refractivity contribution in [1.29, 1.82) is 0 Å². The van der Waals surface area contributed by atoms with Gasteiger partial charge >= 0.3 is 0 Å². The number of phenols is 1. The normalized spacial score (nSPS) is 16.7. The van der Waals surface area contributed by atoms with Gasteiger partial charge in [-0.25, -0.2) is 0 Å². The number of hydrogen-bond acceptors (Lipinski definition) is 1. The Kier molecular flexibility index (Phi) is 2.09. The van der Waals surface area contributed by atoms with Crippen LogP contribution in [0.5, 0.6) is 5.75 Å². The van der Waals surface area contributed by atoms with E-state index in [1.54, 1.807) is 6.07 Å². The van der Waals surface area contributed by atoms with E-state index in [0.29, 0.717) is 5.75 Å². The van der Waals surface area contributed by atoms with E-state index in [0.717, 1.165) is 11.5 Å². The molecule has 13 heavy (non-hydrogen) atoms. The predicted molar refractivity (Wildman–Crippen MR) is 54.6 cm³/mol. The molecule has 1 aliphatic rings. The summed E-state index contributed by atoms with van der Waals surface area (Å²) in [5.41, 5.74) is 2.13. The van der Waals surface area contributed by atoms with Gasteiger partial charge in [-0.15, -0.1) is 0 Å². The molecule has 68 valence electrons. The van der Waals surface area contributed by atoms with Gasteiger partial charge in [0.1, 0.15) is 5.75 Å². The van der Waals surface area contributed by atoms with Crippen molar-refractivity contribution in [1.82, 2.24) is 0 Å². The highest BCUT2D eigenvalue weighted by Gasteiger charge is 2.17. The minimum atomic E-state index is 0.377. The lowest BCUT2D eigenvalue weighted by Gasteiger charge is -1.99. The van der Waals surface area contributed by atoms with Gasteiger partial charge in [-0.1, -0.05) is 23.8 Å². The summed E-state index contributed by atoms with van der Waals surface area (Å²) in [6.07, 6.45) is 6.83. The van der Waals surface area contributed by atoms with E-state index in [4.69, 9.17) is 0 Å². The highest BCUT2D eigenvalue weighted by Crippen LogP contribution is 2.31. The molecule has 0 amide bonds. The Morgan fingerprint density at radius 3 is 2.85 bits per heavy atom. The van der Waals surface area contributed by atoms with Gasteiger partial charge in [-0.3, -0.25) is 0 Å². The molecule has 1 saturated carbocycles. The maximum absolute atomic E-state index is 9.52. The molecule has 0 aliphatic heterocycles. The molecule has 0 atom stereocenters. The predicted octanol–water partition coefficient (Wildman–Crippen LogP) is 3.12. The number of phenolic OH excluding ortho intramolecular Hbond substituents is 1. The van der Waals surface area contributed by atoms with Gasteiger partial charge in [-0.05, 0) is 37.8 Å². The van der Waals surface area contributed by atoms with Crippen LogP contribution in [0.15, 0.2) is 24.3 Å². The smallest absolute Gasteiger partial charge is 0.122 e. The molecule has 1 aliphatic carbocycles. The third-order valence-electron chi connectivity index (χ3n) is 2.35. The molecule has 1 heteroatoms. The van der Waals surface area contributed by atoms with Gasteiger partial charge in [0.15, 0.2) is 0 Å². The molecular formula is C12H14O. The fourth-order valence-corrected chi connectivity index (χ4v) is 1.34. The Bertz CT molecular complexity index is 335. The molecule has 0 heterocycles. The van der Waals surface area contributed by atoms with Crippen LogP contribution in [0.25, 0.3) is 6.08 Å². The lowest BCUT2D eigenvalue weighted by Crippen LogP contribution is -1.77. The van der Waals surface area contributed by atoms with Gasteiger partial charge in [0, 0.05) is 5.56 Å². The van der Waals surface area contributed by atoms with E-state index < -0.39 is 0 Å². The first kappa shape index (κ1) is 8.36. The van der Waals surface area contributed by atoms with Crippen LogP contribution in [0.1, 0.15) is 24.0 Å². The molecule has 1 nitrogen and oxygen atoms in total. The van der Waals surface area contributed by atoms with Gasteiger partial charge in [0.05, 0.1) is 0 Å². The zero-order valence-corrected chi connectivity index (χ0v) is 7.83. The molecule has 0 bridgehead atoms. The molecule has 0 unspecified atom stereocenters. The summed E-state index contributed by atoms with van der Waals surface area (Å²) in [4.78, 5) is 0. The van der Waals surface area contributed by atoms with Crippen LogP contribution in [0, 0.1) is 12.8 Å². The summed E-state index contributed by atoms with van der Waals surface area (Å²) in [7, 11) is 0. The highest BCUT2D eigenvalue weighted by atomic mass is 16.3. The molecule has 1 fully saturated rings. The summed E-state index contributed by atoms with van der Waals surface area (Å²) < 4.78 is 0. The van der Waals surface area contributed by atoms with Crippen molar-refractivity contribution in [2.45, 2.75) is 19.8 Å². The fourth-order valence-electron chi connectivity index (χ4n) is 1.34. The third kappa shape index (κ3) is 2.11. The van der Waals surface area contributed by atoms with Crippen LogP contribution in [-0.4, -0.2) is 5.11 Å².